The molecular weight excluding hydrogens is 326 g/mol. The van der Waals surface area contributed by atoms with Crippen molar-refractivity contribution in [1.29, 1.82) is 5.26 Å². The minimum absolute atomic E-state index is 0.160. The topological polar surface area (TPSA) is 90.3 Å². The molecule has 1 aliphatic rings. The van der Waals surface area contributed by atoms with Gasteiger partial charge in [0.2, 0.25) is 10.0 Å². The summed E-state index contributed by atoms with van der Waals surface area (Å²) in [6.07, 6.45) is 1.87. The summed E-state index contributed by atoms with van der Waals surface area (Å²) < 4.78 is 26.2. The van der Waals surface area contributed by atoms with Crippen LogP contribution in [0.4, 0.5) is 0 Å². The van der Waals surface area contributed by atoms with Gasteiger partial charge in [-0.2, -0.15) is 9.57 Å². The van der Waals surface area contributed by atoms with Crippen LogP contribution in [-0.2, 0) is 10.0 Å². The molecule has 1 saturated carbocycles. The molecule has 1 atom stereocenters. The Labute approximate surface area is 143 Å². The van der Waals surface area contributed by atoms with Gasteiger partial charge in [0.15, 0.2) is 0 Å². The summed E-state index contributed by atoms with van der Waals surface area (Å²) in [7, 11) is -3.54. The van der Waals surface area contributed by atoms with Crippen LogP contribution in [0.3, 0.4) is 0 Å². The summed E-state index contributed by atoms with van der Waals surface area (Å²) in [5.74, 6) is -0.175. The smallest absolute Gasteiger partial charge is 0.252 e. The number of benzene rings is 1. The first-order chi connectivity index (χ1) is 11.3. The minimum Gasteiger partial charge on any atom is -0.334 e. The quantitative estimate of drug-likeness (QED) is 0.816. The summed E-state index contributed by atoms with van der Waals surface area (Å²) in [5, 5.41) is 12.1. The van der Waals surface area contributed by atoms with E-state index in [1.54, 1.807) is 20.8 Å². The number of nitriles is 1. The molecule has 1 aromatic rings. The van der Waals surface area contributed by atoms with Gasteiger partial charge in [-0.15, -0.1) is 0 Å². The molecule has 2 rings (SSSR count). The van der Waals surface area contributed by atoms with Crippen molar-refractivity contribution in [2.24, 2.45) is 5.92 Å². The highest BCUT2D eigenvalue weighted by molar-refractivity contribution is 7.89. The van der Waals surface area contributed by atoms with Crippen LogP contribution in [0.5, 0.6) is 0 Å². The molecular formula is C17H23N3O3S. The van der Waals surface area contributed by atoms with Crippen molar-refractivity contribution in [3.63, 3.8) is 0 Å². The molecule has 0 aromatic heterocycles. The molecule has 1 amide bonds. The summed E-state index contributed by atoms with van der Waals surface area (Å²) in [6.45, 7) is 6.07. The first-order valence-electron chi connectivity index (χ1n) is 8.12. The molecule has 0 bridgehead atoms. The average molecular weight is 349 g/mol. The Hall–Kier alpha value is -1.91. The fourth-order valence-corrected chi connectivity index (χ4v) is 4.14. The second kappa shape index (κ2) is 6.91. The Morgan fingerprint density at radius 3 is 2.25 bits per heavy atom. The van der Waals surface area contributed by atoms with Crippen LogP contribution in [-0.4, -0.2) is 37.3 Å². The third-order valence-electron chi connectivity index (χ3n) is 4.46. The summed E-state index contributed by atoms with van der Waals surface area (Å²) in [5.41, 5.74) is -0.529. The van der Waals surface area contributed by atoms with E-state index in [4.69, 9.17) is 0 Å². The highest BCUT2D eigenvalue weighted by atomic mass is 32.2. The van der Waals surface area contributed by atoms with E-state index in [1.165, 1.54) is 28.6 Å². The zero-order valence-electron chi connectivity index (χ0n) is 14.2. The first kappa shape index (κ1) is 18.4. The van der Waals surface area contributed by atoms with Gasteiger partial charge in [0.05, 0.1) is 11.0 Å². The fraction of sp³-hybridized carbons (Fsp3) is 0.529. The van der Waals surface area contributed by atoms with E-state index in [1.807, 2.05) is 0 Å². The van der Waals surface area contributed by atoms with Crippen molar-refractivity contribution >= 4 is 15.9 Å². The zero-order valence-corrected chi connectivity index (χ0v) is 15.1. The largest absolute Gasteiger partial charge is 0.334 e. The molecule has 0 unspecified atom stereocenters. The molecule has 0 saturated heterocycles. The maximum atomic E-state index is 12.4. The molecule has 1 aromatic carbocycles. The SMILES string of the molecule is CCN(CC)S(=O)(=O)c1ccc(C(=O)N[C@](C)(C#N)C2CC2)cc1. The molecule has 0 heterocycles. The fourth-order valence-electron chi connectivity index (χ4n) is 2.68. The third-order valence-corrected chi connectivity index (χ3v) is 6.52. The van der Waals surface area contributed by atoms with Crippen LogP contribution >= 0.6 is 0 Å². The lowest BCUT2D eigenvalue weighted by Gasteiger charge is -2.23. The molecule has 6 nitrogen and oxygen atoms in total. The number of amides is 1. The van der Waals surface area contributed by atoms with Gasteiger partial charge < -0.3 is 5.32 Å². The van der Waals surface area contributed by atoms with Gasteiger partial charge in [-0.05, 0) is 49.9 Å². The van der Waals surface area contributed by atoms with Gasteiger partial charge in [-0.25, -0.2) is 8.42 Å². The number of rotatable bonds is 7. The number of hydrogen-bond acceptors (Lipinski definition) is 4. The predicted octanol–water partition coefficient (Wildman–Crippen LogP) is 2.14. The van der Waals surface area contributed by atoms with Crippen LogP contribution in [0, 0.1) is 17.2 Å². The monoisotopic (exact) mass is 349 g/mol. The average Bonchev–Trinajstić information content (AvgIpc) is 3.41. The Kier molecular flexibility index (Phi) is 5.31. The first-order valence-corrected chi connectivity index (χ1v) is 9.56. The van der Waals surface area contributed by atoms with Crippen LogP contribution in [0.25, 0.3) is 0 Å². The summed E-state index contributed by atoms with van der Waals surface area (Å²) in [4.78, 5) is 12.5. The Bertz CT molecular complexity index is 744. The second-order valence-corrected chi connectivity index (χ2v) is 8.09. The number of sulfonamides is 1. The van der Waals surface area contributed by atoms with E-state index < -0.39 is 15.6 Å². The second-order valence-electron chi connectivity index (χ2n) is 6.16. The Morgan fingerprint density at radius 1 is 1.29 bits per heavy atom. The Balaban J connectivity index is 2.17. The van der Waals surface area contributed by atoms with Gasteiger partial charge in [-0.1, -0.05) is 13.8 Å². The van der Waals surface area contributed by atoms with Gasteiger partial charge >= 0.3 is 0 Å². The molecule has 24 heavy (non-hydrogen) atoms. The van der Waals surface area contributed by atoms with E-state index in [9.17, 15) is 18.5 Å². The minimum atomic E-state index is -3.54. The predicted molar refractivity (Wildman–Crippen MR) is 90.8 cm³/mol. The van der Waals surface area contributed by atoms with Crippen molar-refractivity contribution < 1.29 is 13.2 Å². The number of carbonyl (C=O) groups is 1. The maximum Gasteiger partial charge on any atom is 0.252 e. The van der Waals surface area contributed by atoms with Gasteiger partial charge in [0.1, 0.15) is 5.54 Å². The van der Waals surface area contributed by atoms with E-state index in [-0.39, 0.29) is 16.7 Å². The maximum absolute atomic E-state index is 12.4. The van der Waals surface area contributed by atoms with Gasteiger partial charge in [-0.3, -0.25) is 4.79 Å². The summed E-state index contributed by atoms with van der Waals surface area (Å²) >= 11 is 0. The number of carbonyl (C=O) groups excluding carboxylic acids is 1. The normalized spacial score (nSPS) is 17.1. The molecule has 1 aliphatic carbocycles. The molecule has 1 fully saturated rings. The molecule has 130 valence electrons. The van der Waals surface area contributed by atoms with E-state index >= 15 is 0 Å². The lowest BCUT2D eigenvalue weighted by Crippen LogP contribution is -2.46. The Morgan fingerprint density at radius 2 is 1.83 bits per heavy atom. The number of hydrogen-bond donors (Lipinski definition) is 1. The van der Waals surface area contributed by atoms with Gasteiger partial charge in [0, 0.05) is 18.7 Å². The third kappa shape index (κ3) is 3.60. The lowest BCUT2D eigenvalue weighted by atomic mass is 9.97. The van der Waals surface area contributed by atoms with E-state index in [0.29, 0.717) is 18.7 Å². The van der Waals surface area contributed by atoms with Crippen molar-refractivity contribution in [2.45, 2.75) is 44.0 Å². The molecule has 7 heteroatoms. The van der Waals surface area contributed by atoms with Crippen LogP contribution in [0.15, 0.2) is 29.2 Å². The van der Waals surface area contributed by atoms with Crippen molar-refractivity contribution in [3.05, 3.63) is 29.8 Å². The summed E-state index contributed by atoms with van der Waals surface area (Å²) in [6, 6.07) is 8.01. The zero-order chi connectivity index (χ0) is 18.0. The standard InChI is InChI=1S/C17H23N3O3S/c1-4-20(5-2)24(22,23)15-10-6-13(7-11-15)16(21)19-17(3,12-18)14-8-9-14/h6-7,10-11,14H,4-5,8-9H2,1-3H3,(H,19,21)/t17-/m1/s1. The van der Waals surface area contributed by atoms with Crippen LogP contribution in [0.1, 0.15) is 44.0 Å². The van der Waals surface area contributed by atoms with Crippen LogP contribution in [0.2, 0.25) is 0 Å². The number of nitrogens with zero attached hydrogens (tertiary/aromatic N) is 2. The van der Waals surface area contributed by atoms with Gasteiger partial charge in [0.25, 0.3) is 5.91 Å². The number of nitrogens with one attached hydrogen (secondary N) is 1. The molecule has 0 aliphatic heterocycles. The van der Waals surface area contributed by atoms with Crippen LogP contribution < -0.4 is 5.32 Å². The molecule has 0 spiro atoms. The molecule has 0 radical (unpaired) electrons. The van der Waals surface area contributed by atoms with Crippen molar-refractivity contribution in [2.75, 3.05) is 13.1 Å². The highest BCUT2D eigenvalue weighted by Crippen LogP contribution is 2.39. The highest BCUT2D eigenvalue weighted by Gasteiger charge is 2.43. The molecule has 1 N–H and O–H groups in total. The lowest BCUT2D eigenvalue weighted by molar-refractivity contribution is 0.0917. The van der Waals surface area contributed by atoms with E-state index in [0.717, 1.165) is 12.8 Å². The van der Waals surface area contributed by atoms with E-state index in [2.05, 4.69) is 11.4 Å². The van der Waals surface area contributed by atoms with Crippen molar-refractivity contribution in [1.82, 2.24) is 9.62 Å². The van der Waals surface area contributed by atoms with Crippen molar-refractivity contribution in [3.8, 4) is 6.07 Å².